The lowest BCUT2D eigenvalue weighted by atomic mass is 9.97. The first-order chi connectivity index (χ1) is 11.7. The number of hydrogen-bond acceptors (Lipinski definition) is 4. The molecule has 0 aliphatic carbocycles. The molecule has 1 unspecified atom stereocenters. The highest BCUT2D eigenvalue weighted by Gasteiger charge is 2.26. The van der Waals surface area contributed by atoms with Crippen LogP contribution in [0.5, 0.6) is 0 Å². The molecule has 1 fully saturated rings. The topological polar surface area (TPSA) is 52.6 Å². The normalized spacial score (nSPS) is 17.7. The number of carbonyl (C=O) groups excluding carboxylic acids is 2. The molecule has 1 heterocycles. The molecule has 1 aliphatic rings. The van der Waals surface area contributed by atoms with E-state index >= 15 is 0 Å². The van der Waals surface area contributed by atoms with Gasteiger partial charge in [-0.05, 0) is 34.0 Å². The van der Waals surface area contributed by atoms with Gasteiger partial charge in [-0.2, -0.15) is 0 Å². The number of ether oxygens (including phenoxy) is 2. The molecule has 4 rings (SSSR count). The summed E-state index contributed by atoms with van der Waals surface area (Å²) in [6.45, 7) is 0. The van der Waals surface area contributed by atoms with Crippen LogP contribution >= 0.6 is 0 Å². The first kappa shape index (κ1) is 14.7. The maximum Gasteiger partial charge on any atom is 0.342 e. The van der Waals surface area contributed by atoms with Crippen molar-refractivity contribution in [3.63, 3.8) is 0 Å². The quantitative estimate of drug-likeness (QED) is 0.524. The number of hydrogen-bond donors (Lipinski definition) is 0. The van der Waals surface area contributed by atoms with Crippen LogP contribution in [0.15, 0.2) is 54.6 Å². The van der Waals surface area contributed by atoms with Crippen molar-refractivity contribution < 1.29 is 19.1 Å². The van der Waals surface area contributed by atoms with E-state index in [9.17, 15) is 9.59 Å². The van der Waals surface area contributed by atoms with Crippen LogP contribution in [0.1, 0.15) is 29.6 Å². The van der Waals surface area contributed by atoms with Crippen molar-refractivity contribution in [1.82, 2.24) is 0 Å². The van der Waals surface area contributed by atoms with Crippen LogP contribution in [0, 0.1) is 0 Å². The predicted molar refractivity (Wildman–Crippen MR) is 90.6 cm³/mol. The number of benzene rings is 3. The van der Waals surface area contributed by atoms with E-state index in [1.807, 2.05) is 48.5 Å². The van der Waals surface area contributed by atoms with Gasteiger partial charge in [0.15, 0.2) is 0 Å². The first-order valence-electron chi connectivity index (χ1n) is 8.03. The maximum atomic E-state index is 12.8. The summed E-state index contributed by atoms with van der Waals surface area (Å²) in [7, 11) is 0. The van der Waals surface area contributed by atoms with Gasteiger partial charge in [-0.25, -0.2) is 4.79 Å². The second-order valence-corrected chi connectivity index (χ2v) is 5.91. The van der Waals surface area contributed by atoms with Gasteiger partial charge in [0, 0.05) is 12.8 Å². The van der Waals surface area contributed by atoms with Crippen LogP contribution in [-0.4, -0.2) is 18.2 Å². The van der Waals surface area contributed by atoms with E-state index in [2.05, 4.69) is 6.07 Å². The van der Waals surface area contributed by atoms with E-state index in [-0.39, 0.29) is 5.97 Å². The molecule has 0 N–H and O–H groups in total. The van der Waals surface area contributed by atoms with Crippen LogP contribution in [0.3, 0.4) is 0 Å². The monoisotopic (exact) mass is 320 g/mol. The van der Waals surface area contributed by atoms with Crippen molar-refractivity contribution in [2.24, 2.45) is 0 Å². The molecule has 1 atom stereocenters. The molecule has 24 heavy (non-hydrogen) atoms. The molecule has 3 aromatic rings. The van der Waals surface area contributed by atoms with Gasteiger partial charge in [-0.15, -0.1) is 0 Å². The van der Waals surface area contributed by atoms with E-state index in [4.69, 9.17) is 9.47 Å². The average molecular weight is 320 g/mol. The van der Waals surface area contributed by atoms with E-state index in [0.717, 1.165) is 21.5 Å². The highest BCUT2D eigenvalue weighted by molar-refractivity contribution is 6.16. The Morgan fingerprint density at radius 1 is 1.00 bits per heavy atom. The molecule has 1 aliphatic heterocycles. The Kier molecular flexibility index (Phi) is 3.65. The summed E-state index contributed by atoms with van der Waals surface area (Å²) in [5, 5.41) is 3.62. The number of cyclic esters (lactones) is 1. The smallest absolute Gasteiger partial charge is 0.342 e. The van der Waals surface area contributed by atoms with Gasteiger partial charge >= 0.3 is 11.9 Å². The third-order valence-electron chi connectivity index (χ3n) is 4.30. The molecule has 0 amide bonds. The Bertz CT molecular complexity index is 891. The van der Waals surface area contributed by atoms with Crippen molar-refractivity contribution in [1.29, 1.82) is 0 Å². The second kappa shape index (κ2) is 5.96. The van der Waals surface area contributed by atoms with Crippen molar-refractivity contribution in [2.75, 3.05) is 0 Å². The Morgan fingerprint density at radius 3 is 2.25 bits per heavy atom. The van der Waals surface area contributed by atoms with Crippen LogP contribution in [0.4, 0.5) is 0 Å². The largest absolute Gasteiger partial charge is 0.425 e. The van der Waals surface area contributed by atoms with E-state index in [1.54, 1.807) is 0 Å². The number of esters is 2. The lowest BCUT2D eigenvalue weighted by Crippen LogP contribution is -2.28. The first-order valence-corrected chi connectivity index (χ1v) is 8.03. The lowest BCUT2D eigenvalue weighted by Gasteiger charge is -2.22. The zero-order valence-corrected chi connectivity index (χ0v) is 13.0. The lowest BCUT2D eigenvalue weighted by molar-refractivity contribution is -0.176. The minimum atomic E-state index is -0.795. The Hall–Kier alpha value is -2.88. The maximum absolute atomic E-state index is 12.8. The molecule has 0 aromatic heterocycles. The van der Waals surface area contributed by atoms with Crippen molar-refractivity contribution >= 4 is 33.5 Å². The summed E-state index contributed by atoms with van der Waals surface area (Å²) in [4.78, 5) is 24.2. The molecular formula is C20H16O4. The van der Waals surface area contributed by atoms with Gasteiger partial charge in [0.25, 0.3) is 0 Å². The molecule has 4 heteroatoms. The van der Waals surface area contributed by atoms with Crippen LogP contribution < -0.4 is 0 Å². The second-order valence-electron chi connectivity index (χ2n) is 5.91. The summed E-state index contributed by atoms with van der Waals surface area (Å²) < 4.78 is 10.6. The zero-order valence-electron chi connectivity index (χ0n) is 13.0. The van der Waals surface area contributed by atoms with Crippen LogP contribution in [0.25, 0.3) is 21.5 Å². The Morgan fingerprint density at radius 2 is 1.62 bits per heavy atom. The van der Waals surface area contributed by atoms with E-state index < -0.39 is 12.3 Å². The minimum Gasteiger partial charge on any atom is -0.425 e. The zero-order chi connectivity index (χ0) is 16.5. The highest BCUT2D eigenvalue weighted by Crippen LogP contribution is 2.30. The number of rotatable bonds is 2. The molecule has 120 valence electrons. The molecule has 0 saturated carbocycles. The number of fused-ring (bicyclic) bond motifs is 2. The summed E-state index contributed by atoms with van der Waals surface area (Å²) in [5.41, 5.74) is 0.519. The van der Waals surface area contributed by atoms with Crippen molar-refractivity contribution in [3.05, 3.63) is 60.2 Å². The minimum absolute atomic E-state index is 0.318. The molecule has 4 nitrogen and oxygen atoms in total. The SMILES string of the molecule is O=C1CCCC(OC(=O)c2c3ccccc3cc3ccccc23)O1. The summed E-state index contributed by atoms with van der Waals surface area (Å²) in [5.74, 6) is -0.774. The van der Waals surface area contributed by atoms with Crippen molar-refractivity contribution in [3.8, 4) is 0 Å². The van der Waals surface area contributed by atoms with Gasteiger partial charge in [0.2, 0.25) is 6.29 Å². The van der Waals surface area contributed by atoms with Gasteiger partial charge in [-0.1, -0.05) is 48.5 Å². The third-order valence-corrected chi connectivity index (χ3v) is 4.30. The predicted octanol–water partition coefficient (Wildman–Crippen LogP) is 4.20. The van der Waals surface area contributed by atoms with E-state index in [0.29, 0.717) is 24.8 Å². The fraction of sp³-hybridized carbons (Fsp3) is 0.200. The van der Waals surface area contributed by atoms with E-state index in [1.165, 1.54) is 0 Å². The van der Waals surface area contributed by atoms with Gasteiger partial charge in [0.05, 0.1) is 5.56 Å². The molecule has 0 spiro atoms. The van der Waals surface area contributed by atoms with Crippen LogP contribution in [-0.2, 0) is 14.3 Å². The summed E-state index contributed by atoms with van der Waals surface area (Å²) in [6.07, 6.45) is 0.801. The molecular weight excluding hydrogens is 304 g/mol. The van der Waals surface area contributed by atoms with Gasteiger partial charge in [-0.3, -0.25) is 4.79 Å². The molecule has 0 radical (unpaired) electrons. The Balaban J connectivity index is 1.81. The number of carbonyl (C=O) groups is 2. The fourth-order valence-electron chi connectivity index (χ4n) is 3.17. The fourth-order valence-corrected chi connectivity index (χ4v) is 3.17. The molecule has 0 bridgehead atoms. The summed E-state index contributed by atoms with van der Waals surface area (Å²) in [6, 6.07) is 17.5. The average Bonchev–Trinajstić information content (AvgIpc) is 2.59. The summed E-state index contributed by atoms with van der Waals surface area (Å²) >= 11 is 0. The standard InChI is InChI=1S/C20H16O4/c21-17-10-5-11-18(23-17)24-20(22)19-15-8-3-1-6-13(15)12-14-7-2-4-9-16(14)19/h1-4,6-9,12,18H,5,10-11H2. The van der Waals surface area contributed by atoms with Crippen molar-refractivity contribution in [2.45, 2.75) is 25.6 Å². The Labute approximate surface area is 139 Å². The van der Waals surface area contributed by atoms with Gasteiger partial charge in [0.1, 0.15) is 0 Å². The highest BCUT2D eigenvalue weighted by atomic mass is 16.7. The molecule has 3 aromatic carbocycles. The van der Waals surface area contributed by atoms with Gasteiger partial charge < -0.3 is 9.47 Å². The molecule has 1 saturated heterocycles. The van der Waals surface area contributed by atoms with Crippen LogP contribution in [0.2, 0.25) is 0 Å². The third kappa shape index (κ3) is 2.60.